The highest BCUT2D eigenvalue weighted by Gasteiger charge is 2.11. The molecule has 0 unspecified atom stereocenters. The number of hydrogen-bond donors (Lipinski definition) is 3. The first kappa shape index (κ1) is 15.1. The number of anilines is 1. The van der Waals surface area contributed by atoms with Gasteiger partial charge < -0.3 is 25.0 Å². The Balaban J connectivity index is 2.22. The molecule has 0 aromatic heterocycles. The molecular formula is C15H16ClNO4. The second kappa shape index (κ2) is 6.45. The maximum atomic E-state index is 9.76. The van der Waals surface area contributed by atoms with Gasteiger partial charge in [0.1, 0.15) is 0 Å². The first-order valence-electron chi connectivity index (χ1n) is 6.22. The molecule has 0 saturated carbocycles. The molecule has 0 bridgehead atoms. The van der Waals surface area contributed by atoms with E-state index < -0.39 is 0 Å². The van der Waals surface area contributed by atoms with Crippen molar-refractivity contribution in [3.05, 3.63) is 40.9 Å². The highest BCUT2D eigenvalue weighted by molar-refractivity contribution is 6.33. The lowest BCUT2D eigenvalue weighted by Crippen LogP contribution is -2.01. The van der Waals surface area contributed by atoms with E-state index in [1.807, 2.05) is 0 Å². The van der Waals surface area contributed by atoms with Gasteiger partial charge in [-0.25, -0.2) is 0 Å². The van der Waals surface area contributed by atoms with E-state index in [0.717, 1.165) is 0 Å². The van der Waals surface area contributed by atoms with Crippen molar-refractivity contribution < 1.29 is 19.7 Å². The number of para-hydroxylation sites is 1. The summed E-state index contributed by atoms with van der Waals surface area (Å²) in [5.41, 5.74) is 1.19. The summed E-state index contributed by atoms with van der Waals surface area (Å²) in [4.78, 5) is 0. The molecule has 112 valence electrons. The molecule has 0 aliphatic carbocycles. The molecule has 0 aliphatic rings. The number of nitrogens with one attached hydrogen (secondary N) is 1. The summed E-state index contributed by atoms with van der Waals surface area (Å²) in [6.45, 7) is 0.301. The molecule has 0 spiro atoms. The lowest BCUT2D eigenvalue weighted by atomic mass is 10.2. The molecule has 0 fully saturated rings. The lowest BCUT2D eigenvalue weighted by molar-refractivity contribution is 0.355. The Kier molecular flexibility index (Phi) is 4.65. The fourth-order valence-electron chi connectivity index (χ4n) is 1.90. The molecule has 2 aromatic carbocycles. The summed E-state index contributed by atoms with van der Waals surface area (Å²) in [6, 6.07) is 8.13. The third-order valence-electron chi connectivity index (χ3n) is 3.04. The van der Waals surface area contributed by atoms with Crippen LogP contribution in [0.25, 0.3) is 0 Å². The first-order chi connectivity index (χ1) is 10.1. The average Bonchev–Trinajstić information content (AvgIpc) is 2.49. The van der Waals surface area contributed by atoms with E-state index in [-0.39, 0.29) is 11.5 Å². The molecule has 2 aromatic rings. The highest BCUT2D eigenvalue weighted by atomic mass is 35.5. The minimum atomic E-state index is -0.160. The molecular weight excluding hydrogens is 294 g/mol. The Morgan fingerprint density at radius 1 is 1.10 bits per heavy atom. The van der Waals surface area contributed by atoms with Gasteiger partial charge >= 0.3 is 0 Å². The van der Waals surface area contributed by atoms with Crippen LogP contribution in [0.15, 0.2) is 30.3 Å². The number of hydrogen-bond acceptors (Lipinski definition) is 5. The monoisotopic (exact) mass is 309 g/mol. The van der Waals surface area contributed by atoms with Crippen molar-refractivity contribution >= 4 is 17.3 Å². The van der Waals surface area contributed by atoms with Crippen molar-refractivity contribution in [2.45, 2.75) is 6.54 Å². The zero-order chi connectivity index (χ0) is 15.4. The van der Waals surface area contributed by atoms with Gasteiger partial charge in [-0.15, -0.1) is 0 Å². The van der Waals surface area contributed by atoms with E-state index >= 15 is 0 Å². The standard InChI is InChI=1S/C15H16ClNO4/c1-20-13-6-10(16)11(7-14(13)21-2)17-8-9-4-3-5-12(18)15(9)19/h3-7,17-19H,8H2,1-2H3. The van der Waals surface area contributed by atoms with E-state index in [2.05, 4.69) is 5.32 Å². The topological polar surface area (TPSA) is 71.0 Å². The Morgan fingerprint density at radius 2 is 1.76 bits per heavy atom. The quantitative estimate of drug-likeness (QED) is 0.739. The van der Waals surface area contributed by atoms with Gasteiger partial charge in [0.05, 0.1) is 24.9 Å². The number of aromatic hydroxyl groups is 2. The van der Waals surface area contributed by atoms with Gasteiger partial charge in [-0.1, -0.05) is 23.7 Å². The summed E-state index contributed by atoms with van der Waals surface area (Å²) in [7, 11) is 3.07. The molecule has 0 amide bonds. The maximum Gasteiger partial charge on any atom is 0.162 e. The number of phenolic OH excluding ortho intramolecular Hbond substituents is 2. The minimum Gasteiger partial charge on any atom is -0.504 e. The van der Waals surface area contributed by atoms with Crippen LogP contribution in [0.2, 0.25) is 5.02 Å². The highest BCUT2D eigenvalue weighted by Crippen LogP contribution is 2.36. The van der Waals surface area contributed by atoms with Crippen LogP contribution in [0, 0.1) is 0 Å². The van der Waals surface area contributed by atoms with Crippen LogP contribution in [0.5, 0.6) is 23.0 Å². The summed E-state index contributed by atoms with van der Waals surface area (Å²) in [5, 5.41) is 22.8. The van der Waals surface area contributed by atoms with Crippen molar-refractivity contribution in [2.75, 3.05) is 19.5 Å². The zero-order valence-electron chi connectivity index (χ0n) is 11.7. The number of rotatable bonds is 5. The van der Waals surface area contributed by atoms with Crippen LogP contribution in [0.3, 0.4) is 0 Å². The van der Waals surface area contributed by atoms with E-state index in [4.69, 9.17) is 21.1 Å². The van der Waals surface area contributed by atoms with E-state index in [1.54, 1.807) is 24.3 Å². The minimum absolute atomic E-state index is 0.151. The normalized spacial score (nSPS) is 10.2. The molecule has 5 nitrogen and oxygen atoms in total. The van der Waals surface area contributed by atoms with Crippen LogP contribution in [-0.4, -0.2) is 24.4 Å². The SMILES string of the molecule is COc1cc(Cl)c(NCc2cccc(O)c2O)cc1OC. The van der Waals surface area contributed by atoms with Gasteiger partial charge in [-0.3, -0.25) is 0 Å². The van der Waals surface area contributed by atoms with E-state index in [0.29, 0.717) is 34.3 Å². The first-order valence-corrected chi connectivity index (χ1v) is 6.59. The number of phenols is 2. The Labute approximate surface area is 127 Å². The number of benzene rings is 2. The molecule has 0 radical (unpaired) electrons. The van der Waals surface area contributed by atoms with Crippen LogP contribution in [-0.2, 0) is 6.54 Å². The van der Waals surface area contributed by atoms with Crippen molar-refractivity contribution in [1.29, 1.82) is 0 Å². The Morgan fingerprint density at radius 3 is 2.43 bits per heavy atom. The molecule has 0 saturated heterocycles. The van der Waals surface area contributed by atoms with Gasteiger partial charge in [0.25, 0.3) is 0 Å². The molecule has 6 heteroatoms. The largest absolute Gasteiger partial charge is 0.504 e. The number of methoxy groups -OCH3 is 2. The van der Waals surface area contributed by atoms with Gasteiger partial charge in [0.2, 0.25) is 0 Å². The predicted octanol–water partition coefficient (Wildman–Crippen LogP) is 3.38. The van der Waals surface area contributed by atoms with Gasteiger partial charge in [0, 0.05) is 24.2 Å². The Bertz CT molecular complexity index is 646. The lowest BCUT2D eigenvalue weighted by Gasteiger charge is -2.14. The van der Waals surface area contributed by atoms with Gasteiger partial charge in [-0.2, -0.15) is 0 Å². The molecule has 2 rings (SSSR count). The van der Waals surface area contributed by atoms with Crippen molar-refractivity contribution in [3.63, 3.8) is 0 Å². The molecule has 0 atom stereocenters. The Hall–Kier alpha value is -2.27. The van der Waals surface area contributed by atoms with Gasteiger partial charge in [0.15, 0.2) is 23.0 Å². The number of halogens is 1. The van der Waals surface area contributed by atoms with Crippen molar-refractivity contribution in [1.82, 2.24) is 0 Å². The van der Waals surface area contributed by atoms with Crippen LogP contribution in [0.4, 0.5) is 5.69 Å². The molecule has 0 heterocycles. The summed E-state index contributed by atoms with van der Waals surface area (Å²) in [6.07, 6.45) is 0. The van der Waals surface area contributed by atoms with Crippen LogP contribution in [0.1, 0.15) is 5.56 Å². The molecule has 21 heavy (non-hydrogen) atoms. The maximum absolute atomic E-state index is 9.76. The van der Waals surface area contributed by atoms with E-state index in [9.17, 15) is 10.2 Å². The number of ether oxygens (including phenoxy) is 2. The van der Waals surface area contributed by atoms with Crippen LogP contribution >= 0.6 is 11.6 Å². The molecule has 0 aliphatic heterocycles. The van der Waals surface area contributed by atoms with E-state index in [1.165, 1.54) is 20.3 Å². The van der Waals surface area contributed by atoms with Crippen LogP contribution < -0.4 is 14.8 Å². The second-order valence-electron chi connectivity index (χ2n) is 4.33. The fourth-order valence-corrected chi connectivity index (χ4v) is 2.12. The summed E-state index contributed by atoms with van der Waals surface area (Å²) >= 11 is 6.16. The predicted molar refractivity (Wildman–Crippen MR) is 81.7 cm³/mol. The fraction of sp³-hybridized carbons (Fsp3) is 0.200. The third kappa shape index (κ3) is 3.25. The average molecular weight is 310 g/mol. The third-order valence-corrected chi connectivity index (χ3v) is 3.35. The zero-order valence-corrected chi connectivity index (χ0v) is 12.4. The van der Waals surface area contributed by atoms with Crippen molar-refractivity contribution in [2.24, 2.45) is 0 Å². The smallest absolute Gasteiger partial charge is 0.162 e. The van der Waals surface area contributed by atoms with Crippen molar-refractivity contribution in [3.8, 4) is 23.0 Å². The second-order valence-corrected chi connectivity index (χ2v) is 4.73. The summed E-state index contributed by atoms with van der Waals surface area (Å²) < 4.78 is 10.4. The molecule has 3 N–H and O–H groups in total. The van der Waals surface area contributed by atoms with Gasteiger partial charge in [-0.05, 0) is 6.07 Å². The summed E-state index contributed by atoms with van der Waals surface area (Å²) in [5.74, 6) is 0.770.